The second kappa shape index (κ2) is 6.92. The zero-order valence-corrected chi connectivity index (χ0v) is 13.1. The summed E-state index contributed by atoms with van der Waals surface area (Å²) >= 11 is 0. The van der Waals surface area contributed by atoms with Gasteiger partial charge < -0.3 is 19.9 Å². The lowest BCUT2D eigenvalue weighted by Crippen LogP contribution is -2.11. The molecular formula is C19H15NO5. The van der Waals surface area contributed by atoms with E-state index >= 15 is 0 Å². The second-order valence-electron chi connectivity index (χ2n) is 5.42. The van der Waals surface area contributed by atoms with Crippen molar-refractivity contribution in [3.63, 3.8) is 0 Å². The van der Waals surface area contributed by atoms with Gasteiger partial charge in [-0.05, 0) is 29.8 Å². The standard InChI is InChI=1S/C19H15NO5/c21-16-11-13(6-8-15(16)19(23)24)20-18(22)17-9-7-14(25-17)10-12-4-2-1-3-5-12/h1-9,11,21H,10H2,(H,20,22)(H,23,24). The van der Waals surface area contributed by atoms with Gasteiger partial charge in [0.25, 0.3) is 5.91 Å². The lowest BCUT2D eigenvalue weighted by molar-refractivity contribution is 0.0693. The van der Waals surface area contributed by atoms with Crippen LogP contribution in [0.25, 0.3) is 0 Å². The third-order valence-electron chi connectivity index (χ3n) is 3.59. The average Bonchev–Trinajstić information content (AvgIpc) is 3.04. The molecule has 0 radical (unpaired) electrons. The normalized spacial score (nSPS) is 10.4. The topological polar surface area (TPSA) is 99.8 Å². The van der Waals surface area contributed by atoms with Gasteiger partial charge in [-0.1, -0.05) is 30.3 Å². The van der Waals surface area contributed by atoms with Crippen LogP contribution < -0.4 is 5.32 Å². The highest BCUT2D eigenvalue weighted by Crippen LogP contribution is 2.23. The monoisotopic (exact) mass is 337 g/mol. The molecule has 0 saturated heterocycles. The number of carbonyl (C=O) groups excluding carboxylic acids is 1. The summed E-state index contributed by atoms with van der Waals surface area (Å²) in [6.45, 7) is 0. The Morgan fingerprint density at radius 3 is 2.44 bits per heavy atom. The van der Waals surface area contributed by atoms with E-state index in [1.54, 1.807) is 12.1 Å². The zero-order chi connectivity index (χ0) is 17.8. The van der Waals surface area contributed by atoms with Crippen molar-refractivity contribution >= 4 is 17.6 Å². The minimum Gasteiger partial charge on any atom is -0.507 e. The van der Waals surface area contributed by atoms with E-state index in [-0.39, 0.29) is 17.0 Å². The summed E-state index contributed by atoms with van der Waals surface area (Å²) in [6.07, 6.45) is 0.572. The largest absolute Gasteiger partial charge is 0.507 e. The quantitative estimate of drug-likeness (QED) is 0.661. The molecule has 0 saturated carbocycles. The molecule has 0 aliphatic rings. The molecule has 0 aliphatic carbocycles. The molecule has 25 heavy (non-hydrogen) atoms. The van der Waals surface area contributed by atoms with Gasteiger partial charge in [-0.25, -0.2) is 4.79 Å². The Morgan fingerprint density at radius 1 is 1.00 bits per heavy atom. The predicted octanol–water partition coefficient (Wildman–Crippen LogP) is 3.53. The first-order valence-electron chi connectivity index (χ1n) is 7.53. The first-order valence-corrected chi connectivity index (χ1v) is 7.53. The summed E-state index contributed by atoms with van der Waals surface area (Å²) in [7, 11) is 0. The van der Waals surface area contributed by atoms with Gasteiger partial charge in [-0.2, -0.15) is 0 Å². The van der Waals surface area contributed by atoms with Crippen LogP contribution in [0.15, 0.2) is 65.1 Å². The summed E-state index contributed by atoms with van der Waals surface area (Å²) in [4.78, 5) is 23.1. The van der Waals surface area contributed by atoms with Gasteiger partial charge in [-0.15, -0.1) is 0 Å². The Morgan fingerprint density at radius 2 is 1.76 bits per heavy atom. The lowest BCUT2D eigenvalue weighted by Gasteiger charge is -2.05. The molecule has 0 aliphatic heterocycles. The van der Waals surface area contributed by atoms with Gasteiger partial charge in [0.15, 0.2) is 5.76 Å². The molecule has 2 aromatic carbocycles. The summed E-state index contributed by atoms with van der Waals surface area (Å²) in [5.41, 5.74) is 1.10. The van der Waals surface area contributed by atoms with Crippen LogP contribution in [0.2, 0.25) is 0 Å². The van der Waals surface area contributed by atoms with Crippen molar-refractivity contribution in [2.45, 2.75) is 6.42 Å². The van der Waals surface area contributed by atoms with Crippen molar-refractivity contribution in [3.8, 4) is 5.75 Å². The maximum Gasteiger partial charge on any atom is 0.339 e. The van der Waals surface area contributed by atoms with E-state index in [9.17, 15) is 14.7 Å². The molecular weight excluding hydrogens is 322 g/mol. The van der Waals surface area contributed by atoms with Crippen LogP contribution in [0.4, 0.5) is 5.69 Å². The highest BCUT2D eigenvalue weighted by Gasteiger charge is 2.14. The van der Waals surface area contributed by atoms with E-state index in [1.165, 1.54) is 18.2 Å². The SMILES string of the molecule is O=C(Nc1ccc(C(=O)O)c(O)c1)c1ccc(Cc2ccccc2)o1. The number of carboxylic acids is 1. The second-order valence-corrected chi connectivity index (χ2v) is 5.42. The highest BCUT2D eigenvalue weighted by molar-refractivity contribution is 6.02. The van der Waals surface area contributed by atoms with Crippen LogP contribution in [-0.4, -0.2) is 22.1 Å². The first kappa shape index (κ1) is 16.3. The number of phenols is 1. The number of anilines is 1. The maximum absolute atomic E-state index is 12.2. The fourth-order valence-corrected chi connectivity index (χ4v) is 2.37. The highest BCUT2D eigenvalue weighted by atomic mass is 16.4. The number of hydrogen-bond donors (Lipinski definition) is 3. The number of benzene rings is 2. The number of nitrogens with one attached hydrogen (secondary N) is 1. The van der Waals surface area contributed by atoms with E-state index in [4.69, 9.17) is 9.52 Å². The molecule has 1 heterocycles. The molecule has 0 atom stereocenters. The molecule has 0 unspecified atom stereocenters. The first-order chi connectivity index (χ1) is 12.0. The maximum atomic E-state index is 12.2. The number of rotatable bonds is 5. The van der Waals surface area contributed by atoms with E-state index in [1.807, 2.05) is 30.3 Å². The molecule has 6 heteroatoms. The van der Waals surface area contributed by atoms with E-state index < -0.39 is 17.6 Å². The number of aromatic carboxylic acids is 1. The summed E-state index contributed by atoms with van der Waals surface area (Å²) < 4.78 is 5.55. The smallest absolute Gasteiger partial charge is 0.339 e. The fraction of sp³-hybridized carbons (Fsp3) is 0.0526. The minimum atomic E-state index is -1.24. The van der Waals surface area contributed by atoms with Crippen molar-refractivity contribution < 1.29 is 24.2 Å². The zero-order valence-electron chi connectivity index (χ0n) is 13.1. The Hall–Kier alpha value is -3.54. The molecule has 1 amide bonds. The van der Waals surface area contributed by atoms with Gasteiger partial charge in [0.2, 0.25) is 0 Å². The van der Waals surface area contributed by atoms with Crippen molar-refractivity contribution in [3.05, 3.63) is 83.3 Å². The predicted molar refractivity (Wildman–Crippen MR) is 91.0 cm³/mol. The van der Waals surface area contributed by atoms with Crippen LogP contribution in [0.3, 0.4) is 0 Å². The minimum absolute atomic E-state index is 0.132. The number of amides is 1. The fourth-order valence-electron chi connectivity index (χ4n) is 2.37. The molecule has 126 valence electrons. The van der Waals surface area contributed by atoms with Crippen molar-refractivity contribution in [2.75, 3.05) is 5.32 Å². The van der Waals surface area contributed by atoms with Gasteiger partial charge in [0.1, 0.15) is 17.1 Å². The Kier molecular flexibility index (Phi) is 4.52. The number of carboxylic acid groups (broad SMARTS) is 1. The molecule has 0 spiro atoms. The molecule has 6 nitrogen and oxygen atoms in total. The van der Waals surface area contributed by atoms with E-state index in [0.29, 0.717) is 12.2 Å². The number of hydrogen-bond acceptors (Lipinski definition) is 4. The number of aromatic hydroxyl groups is 1. The number of carbonyl (C=O) groups is 2. The van der Waals surface area contributed by atoms with Crippen molar-refractivity contribution in [1.29, 1.82) is 0 Å². The molecule has 3 rings (SSSR count). The van der Waals surface area contributed by atoms with Crippen molar-refractivity contribution in [2.24, 2.45) is 0 Å². The van der Waals surface area contributed by atoms with Crippen LogP contribution in [0.1, 0.15) is 32.2 Å². The summed E-state index contributed by atoms with van der Waals surface area (Å²) in [6, 6.07) is 16.8. The Bertz CT molecular complexity index is 915. The van der Waals surface area contributed by atoms with Crippen LogP contribution in [0, 0.1) is 0 Å². The van der Waals surface area contributed by atoms with Crippen LogP contribution in [0.5, 0.6) is 5.75 Å². The van der Waals surface area contributed by atoms with Crippen LogP contribution in [-0.2, 0) is 6.42 Å². The average molecular weight is 337 g/mol. The van der Waals surface area contributed by atoms with Gasteiger partial charge in [-0.3, -0.25) is 4.79 Å². The molecule has 0 fully saturated rings. The van der Waals surface area contributed by atoms with E-state index in [0.717, 1.165) is 5.56 Å². The van der Waals surface area contributed by atoms with Crippen LogP contribution >= 0.6 is 0 Å². The number of furan rings is 1. The summed E-state index contributed by atoms with van der Waals surface area (Å²) in [5.74, 6) is -1.36. The van der Waals surface area contributed by atoms with E-state index in [2.05, 4.69) is 5.32 Å². The molecule has 1 aromatic heterocycles. The lowest BCUT2D eigenvalue weighted by atomic mass is 10.1. The third-order valence-corrected chi connectivity index (χ3v) is 3.59. The van der Waals surface area contributed by atoms with Gasteiger partial charge >= 0.3 is 5.97 Å². The van der Waals surface area contributed by atoms with Gasteiger partial charge in [0.05, 0.1) is 0 Å². The molecule has 3 N–H and O–H groups in total. The van der Waals surface area contributed by atoms with Gasteiger partial charge in [0, 0.05) is 18.2 Å². The Labute approximate surface area is 143 Å². The van der Waals surface area contributed by atoms with Crippen molar-refractivity contribution in [1.82, 2.24) is 0 Å². The third kappa shape index (κ3) is 3.87. The molecule has 3 aromatic rings. The summed E-state index contributed by atoms with van der Waals surface area (Å²) in [5, 5.41) is 21.1. The molecule has 0 bridgehead atoms. The Balaban J connectivity index is 1.70.